The van der Waals surface area contributed by atoms with Crippen molar-refractivity contribution in [1.29, 1.82) is 0 Å². The Balaban J connectivity index is 2.54. The maximum atomic E-state index is 11.4. The number of hydrogen-bond donors (Lipinski definition) is 1. The number of rotatable bonds is 5. The summed E-state index contributed by atoms with van der Waals surface area (Å²) in [6.45, 7) is 4.15. The molecule has 0 unspecified atom stereocenters. The minimum Gasteiger partial charge on any atom is -0.478 e. The third kappa shape index (κ3) is 2.90. The number of aromatic carboxylic acids is 1. The van der Waals surface area contributed by atoms with E-state index in [0.29, 0.717) is 5.56 Å². The molecule has 0 bridgehead atoms. The van der Waals surface area contributed by atoms with Gasteiger partial charge in [0.2, 0.25) is 0 Å². The fourth-order valence-electron chi connectivity index (χ4n) is 2.56. The fourth-order valence-corrected chi connectivity index (χ4v) is 2.56. The van der Waals surface area contributed by atoms with Crippen LogP contribution in [0.4, 0.5) is 0 Å². The molecule has 104 valence electrons. The SMILES string of the molecule is CCCCc1c(C(=O)O)ccc(-c2ccccc2)c1C. The first-order chi connectivity index (χ1) is 9.65. The average Bonchev–Trinajstić information content (AvgIpc) is 2.46. The van der Waals surface area contributed by atoms with Crippen LogP contribution < -0.4 is 0 Å². The molecule has 2 heteroatoms. The number of hydrogen-bond acceptors (Lipinski definition) is 1. The van der Waals surface area contributed by atoms with Crippen LogP contribution in [0.2, 0.25) is 0 Å². The van der Waals surface area contributed by atoms with Gasteiger partial charge >= 0.3 is 5.97 Å². The average molecular weight is 268 g/mol. The smallest absolute Gasteiger partial charge is 0.335 e. The highest BCUT2D eigenvalue weighted by Gasteiger charge is 2.15. The molecule has 0 aliphatic heterocycles. The molecule has 1 N–H and O–H groups in total. The van der Waals surface area contributed by atoms with Crippen molar-refractivity contribution >= 4 is 5.97 Å². The molecule has 20 heavy (non-hydrogen) atoms. The summed E-state index contributed by atoms with van der Waals surface area (Å²) in [4.78, 5) is 11.4. The molecular formula is C18H20O2. The Morgan fingerprint density at radius 1 is 1.10 bits per heavy atom. The highest BCUT2D eigenvalue weighted by molar-refractivity contribution is 5.91. The van der Waals surface area contributed by atoms with E-state index in [1.807, 2.05) is 31.2 Å². The van der Waals surface area contributed by atoms with Crippen LogP contribution in [-0.4, -0.2) is 11.1 Å². The Hall–Kier alpha value is -2.09. The first-order valence-corrected chi connectivity index (χ1v) is 7.06. The van der Waals surface area contributed by atoms with Crippen molar-refractivity contribution in [2.24, 2.45) is 0 Å². The van der Waals surface area contributed by atoms with Gasteiger partial charge < -0.3 is 5.11 Å². The molecule has 0 spiro atoms. The van der Waals surface area contributed by atoms with Crippen LogP contribution in [0.5, 0.6) is 0 Å². The van der Waals surface area contributed by atoms with Crippen LogP contribution in [0.15, 0.2) is 42.5 Å². The summed E-state index contributed by atoms with van der Waals surface area (Å²) in [7, 11) is 0. The molecule has 0 saturated heterocycles. The summed E-state index contributed by atoms with van der Waals surface area (Å²) in [5.41, 5.74) is 4.77. The number of carbonyl (C=O) groups is 1. The van der Waals surface area contributed by atoms with Crippen molar-refractivity contribution < 1.29 is 9.90 Å². The standard InChI is InChI=1S/C18H20O2/c1-3-4-10-16-13(2)15(11-12-17(16)18(19)20)14-8-6-5-7-9-14/h5-9,11-12H,3-4,10H2,1-2H3,(H,19,20). The van der Waals surface area contributed by atoms with E-state index >= 15 is 0 Å². The molecule has 2 aromatic rings. The monoisotopic (exact) mass is 268 g/mol. The molecule has 0 atom stereocenters. The van der Waals surface area contributed by atoms with Gasteiger partial charge in [-0.25, -0.2) is 4.79 Å². The second-order valence-electron chi connectivity index (χ2n) is 5.04. The van der Waals surface area contributed by atoms with Gasteiger partial charge in [-0.2, -0.15) is 0 Å². The van der Waals surface area contributed by atoms with Gasteiger partial charge in [0, 0.05) is 0 Å². The van der Waals surface area contributed by atoms with Crippen LogP contribution in [0.25, 0.3) is 11.1 Å². The quantitative estimate of drug-likeness (QED) is 0.853. The molecule has 2 aromatic carbocycles. The van der Waals surface area contributed by atoms with Gasteiger partial charge in [0.05, 0.1) is 5.56 Å². The largest absolute Gasteiger partial charge is 0.478 e. The zero-order chi connectivity index (χ0) is 14.5. The number of carboxylic acids is 1. The van der Waals surface area contributed by atoms with E-state index in [1.54, 1.807) is 6.07 Å². The third-order valence-corrected chi connectivity index (χ3v) is 3.69. The number of unbranched alkanes of at least 4 members (excludes halogenated alkanes) is 1. The first kappa shape index (κ1) is 14.3. The molecular weight excluding hydrogens is 248 g/mol. The van der Waals surface area contributed by atoms with Crippen molar-refractivity contribution in [2.75, 3.05) is 0 Å². The Morgan fingerprint density at radius 2 is 1.80 bits per heavy atom. The van der Waals surface area contributed by atoms with Gasteiger partial charge in [-0.1, -0.05) is 49.7 Å². The zero-order valence-electron chi connectivity index (χ0n) is 12.0. The second kappa shape index (κ2) is 6.38. The molecule has 0 saturated carbocycles. The molecule has 2 rings (SSSR count). The molecule has 2 nitrogen and oxygen atoms in total. The van der Waals surface area contributed by atoms with Crippen LogP contribution >= 0.6 is 0 Å². The predicted molar refractivity (Wildman–Crippen MR) is 82.2 cm³/mol. The maximum Gasteiger partial charge on any atom is 0.335 e. The van der Waals surface area contributed by atoms with Gasteiger partial charge in [-0.3, -0.25) is 0 Å². The minimum atomic E-state index is -0.834. The normalized spacial score (nSPS) is 10.5. The van der Waals surface area contributed by atoms with E-state index in [4.69, 9.17) is 0 Å². The highest BCUT2D eigenvalue weighted by Crippen LogP contribution is 2.29. The lowest BCUT2D eigenvalue weighted by molar-refractivity contribution is 0.0695. The summed E-state index contributed by atoms with van der Waals surface area (Å²) >= 11 is 0. The highest BCUT2D eigenvalue weighted by atomic mass is 16.4. The molecule has 0 amide bonds. The number of benzene rings is 2. The van der Waals surface area contributed by atoms with Gasteiger partial charge in [-0.15, -0.1) is 0 Å². The van der Waals surface area contributed by atoms with Gasteiger partial charge in [-0.05, 0) is 48.1 Å². The fraction of sp³-hybridized carbons (Fsp3) is 0.278. The van der Waals surface area contributed by atoms with Gasteiger partial charge in [0.25, 0.3) is 0 Å². The van der Waals surface area contributed by atoms with E-state index in [2.05, 4.69) is 19.1 Å². The van der Waals surface area contributed by atoms with Crippen LogP contribution in [0.3, 0.4) is 0 Å². The maximum absolute atomic E-state index is 11.4. The molecule has 0 radical (unpaired) electrons. The van der Waals surface area contributed by atoms with Gasteiger partial charge in [0.1, 0.15) is 0 Å². The molecule has 0 aromatic heterocycles. The summed E-state index contributed by atoms with van der Waals surface area (Å²) in [6, 6.07) is 13.8. The van der Waals surface area contributed by atoms with Crippen LogP contribution in [-0.2, 0) is 6.42 Å². The first-order valence-electron chi connectivity index (χ1n) is 7.06. The van der Waals surface area contributed by atoms with Crippen molar-refractivity contribution in [1.82, 2.24) is 0 Å². The summed E-state index contributed by atoms with van der Waals surface area (Å²) in [5.74, 6) is -0.834. The van der Waals surface area contributed by atoms with Crippen LogP contribution in [0, 0.1) is 6.92 Å². The Bertz CT molecular complexity index is 600. The molecule has 0 aliphatic rings. The van der Waals surface area contributed by atoms with Crippen molar-refractivity contribution in [3.63, 3.8) is 0 Å². The topological polar surface area (TPSA) is 37.3 Å². The third-order valence-electron chi connectivity index (χ3n) is 3.69. The van der Waals surface area contributed by atoms with E-state index in [-0.39, 0.29) is 0 Å². The lowest BCUT2D eigenvalue weighted by Crippen LogP contribution is -2.06. The van der Waals surface area contributed by atoms with Crippen molar-refractivity contribution in [2.45, 2.75) is 33.1 Å². The summed E-state index contributed by atoms with van der Waals surface area (Å²) in [6.07, 6.45) is 2.90. The minimum absolute atomic E-state index is 0.440. The molecule has 0 heterocycles. The van der Waals surface area contributed by atoms with Crippen molar-refractivity contribution in [3.05, 3.63) is 59.2 Å². The van der Waals surface area contributed by atoms with E-state index in [0.717, 1.165) is 41.5 Å². The van der Waals surface area contributed by atoms with Gasteiger partial charge in [0.15, 0.2) is 0 Å². The predicted octanol–water partition coefficient (Wildman–Crippen LogP) is 4.70. The lowest BCUT2D eigenvalue weighted by Gasteiger charge is -2.14. The molecule has 0 aliphatic carbocycles. The zero-order valence-corrected chi connectivity index (χ0v) is 12.0. The Morgan fingerprint density at radius 3 is 2.40 bits per heavy atom. The van der Waals surface area contributed by atoms with Crippen molar-refractivity contribution in [3.8, 4) is 11.1 Å². The summed E-state index contributed by atoms with van der Waals surface area (Å²) in [5, 5.41) is 9.35. The summed E-state index contributed by atoms with van der Waals surface area (Å²) < 4.78 is 0. The Labute approximate surface area is 120 Å². The Kier molecular flexibility index (Phi) is 4.57. The second-order valence-corrected chi connectivity index (χ2v) is 5.04. The lowest BCUT2D eigenvalue weighted by atomic mass is 9.90. The van der Waals surface area contributed by atoms with E-state index < -0.39 is 5.97 Å². The number of carboxylic acid groups (broad SMARTS) is 1. The van der Waals surface area contributed by atoms with E-state index in [1.165, 1.54) is 0 Å². The van der Waals surface area contributed by atoms with E-state index in [9.17, 15) is 9.90 Å². The van der Waals surface area contributed by atoms with Crippen LogP contribution in [0.1, 0.15) is 41.3 Å². The molecule has 0 fully saturated rings.